The number of tetrazole rings is 1. The molecule has 2 heterocycles. The zero-order chi connectivity index (χ0) is 18.7. The van der Waals surface area contributed by atoms with E-state index in [1.807, 2.05) is 45.0 Å². The monoisotopic (exact) mass is 377 g/mol. The van der Waals surface area contributed by atoms with Crippen LogP contribution in [0.25, 0.3) is 0 Å². The van der Waals surface area contributed by atoms with E-state index in [9.17, 15) is 4.79 Å². The Morgan fingerprint density at radius 2 is 1.88 bits per heavy atom. The summed E-state index contributed by atoms with van der Waals surface area (Å²) in [5, 5.41) is 13.6. The number of ether oxygens (including phenoxy) is 1. The molecule has 0 unspecified atom stereocenters. The molecule has 1 aromatic heterocycles. The summed E-state index contributed by atoms with van der Waals surface area (Å²) >= 11 is 5.90. The van der Waals surface area contributed by atoms with Crippen molar-refractivity contribution in [1.82, 2.24) is 25.1 Å². The van der Waals surface area contributed by atoms with Gasteiger partial charge in [-0.25, -0.2) is 4.79 Å². The Morgan fingerprint density at radius 3 is 2.50 bits per heavy atom. The Kier molecular flexibility index (Phi) is 5.46. The lowest BCUT2D eigenvalue weighted by molar-refractivity contribution is 0.0203. The van der Waals surface area contributed by atoms with Gasteiger partial charge in [0.2, 0.25) is 0 Å². The summed E-state index contributed by atoms with van der Waals surface area (Å²) in [5.74, 6) is 0.954. The van der Waals surface area contributed by atoms with Crippen molar-refractivity contribution in [2.75, 3.05) is 13.1 Å². The summed E-state index contributed by atoms with van der Waals surface area (Å²) in [4.78, 5) is 15.5. The smallest absolute Gasteiger partial charge is 0.410 e. The Hall–Kier alpha value is -2.15. The van der Waals surface area contributed by atoms with E-state index in [1.165, 1.54) is 0 Å². The normalized spacial score (nSPS) is 15.9. The summed E-state index contributed by atoms with van der Waals surface area (Å²) in [6, 6.07) is 7.59. The van der Waals surface area contributed by atoms with Gasteiger partial charge in [0, 0.05) is 24.0 Å². The van der Waals surface area contributed by atoms with E-state index in [-0.39, 0.29) is 12.0 Å². The minimum Gasteiger partial charge on any atom is -0.444 e. The van der Waals surface area contributed by atoms with Gasteiger partial charge >= 0.3 is 6.09 Å². The number of nitrogens with zero attached hydrogens (tertiary/aromatic N) is 5. The van der Waals surface area contributed by atoms with Crippen LogP contribution in [0, 0.1) is 0 Å². The van der Waals surface area contributed by atoms with Gasteiger partial charge in [0.15, 0.2) is 5.82 Å². The molecule has 1 aliphatic heterocycles. The van der Waals surface area contributed by atoms with E-state index >= 15 is 0 Å². The van der Waals surface area contributed by atoms with Gasteiger partial charge in [-0.05, 0) is 56.5 Å². The second kappa shape index (κ2) is 7.61. The summed E-state index contributed by atoms with van der Waals surface area (Å²) in [5.41, 5.74) is 0.595. The number of hydrogen-bond acceptors (Lipinski definition) is 5. The standard InChI is InChI=1S/C18H24ClN5O2/c1-18(2,3)26-17(25)23-10-8-14(9-11-23)16-20-22-24(21-16)12-13-4-6-15(19)7-5-13/h4-7,14H,8-12H2,1-3H3. The molecule has 1 fully saturated rings. The van der Waals surface area contributed by atoms with Crippen LogP contribution < -0.4 is 0 Å². The van der Waals surface area contributed by atoms with Crippen molar-refractivity contribution in [3.63, 3.8) is 0 Å². The van der Waals surface area contributed by atoms with Gasteiger partial charge in [0.1, 0.15) is 5.60 Å². The van der Waals surface area contributed by atoms with Crippen LogP contribution in [0.2, 0.25) is 5.02 Å². The largest absolute Gasteiger partial charge is 0.444 e. The maximum atomic E-state index is 12.1. The zero-order valence-corrected chi connectivity index (χ0v) is 16.1. The molecule has 1 saturated heterocycles. The molecular formula is C18H24ClN5O2. The molecule has 7 nitrogen and oxygen atoms in total. The minimum absolute atomic E-state index is 0.215. The van der Waals surface area contributed by atoms with Gasteiger partial charge in [-0.15, -0.1) is 10.2 Å². The Balaban J connectivity index is 1.54. The van der Waals surface area contributed by atoms with E-state index in [0.717, 1.165) is 24.2 Å². The second-order valence-electron chi connectivity index (χ2n) is 7.55. The number of likely N-dealkylation sites (tertiary alicyclic amines) is 1. The lowest BCUT2D eigenvalue weighted by atomic mass is 9.96. The molecule has 1 amide bonds. The number of carbonyl (C=O) groups excluding carboxylic acids is 1. The molecule has 0 bridgehead atoms. The molecule has 0 saturated carbocycles. The SMILES string of the molecule is CC(C)(C)OC(=O)N1CCC(c2nnn(Cc3ccc(Cl)cc3)n2)CC1. The number of halogens is 1. The molecule has 0 atom stereocenters. The van der Waals surface area contributed by atoms with E-state index in [1.54, 1.807) is 9.70 Å². The number of hydrogen-bond donors (Lipinski definition) is 0. The number of carbonyl (C=O) groups is 1. The maximum absolute atomic E-state index is 12.1. The fourth-order valence-corrected chi connectivity index (χ4v) is 3.01. The van der Waals surface area contributed by atoms with Crippen molar-refractivity contribution in [2.45, 2.75) is 51.7 Å². The molecule has 0 aliphatic carbocycles. The van der Waals surface area contributed by atoms with Crippen molar-refractivity contribution in [3.8, 4) is 0 Å². The third kappa shape index (κ3) is 4.94. The first kappa shape index (κ1) is 18.6. The van der Waals surface area contributed by atoms with Gasteiger partial charge in [0.25, 0.3) is 0 Å². The summed E-state index contributed by atoms with van der Waals surface area (Å²) in [6.45, 7) is 7.47. The third-order valence-corrected chi connectivity index (χ3v) is 4.47. The summed E-state index contributed by atoms with van der Waals surface area (Å²) in [7, 11) is 0. The Labute approximate surface area is 158 Å². The molecule has 140 valence electrons. The van der Waals surface area contributed by atoms with Crippen molar-refractivity contribution >= 4 is 17.7 Å². The van der Waals surface area contributed by atoms with Crippen LogP contribution in [-0.4, -0.2) is 49.9 Å². The molecule has 1 aromatic carbocycles. The van der Waals surface area contributed by atoms with Crippen LogP contribution in [0.1, 0.15) is 50.9 Å². The molecule has 26 heavy (non-hydrogen) atoms. The molecule has 0 spiro atoms. The van der Waals surface area contributed by atoms with Crippen molar-refractivity contribution in [1.29, 1.82) is 0 Å². The lowest BCUT2D eigenvalue weighted by Gasteiger charge is -2.32. The number of aromatic nitrogens is 4. The van der Waals surface area contributed by atoms with Crippen LogP contribution in [0.3, 0.4) is 0 Å². The van der Waals surface area contributed by atoms with Gasteiger partial charge in [-0.2, -0.15) is 4.80 Å². The quantitative estimate of drug-likeness (QED) is 0.818. The highest BCUT2D eigenvalue weighted by atomic mass is 35.5. The van der Waals surface area contributed by atoms with E-state index < -0.39 is 5.60 Å². The van der Waals surface area contributed by atoms with Gasteiger partial charge < -0.3 is 9.64 Å². The molecule has 3 rings (SSSR count). The maximum Gasteiger partial charge on any atom is 0.410 e. The minimum atomic E-state index is -0.472. The van der Waals surface area contributed by atoms with Gasteiger partial charge in [0.05, 0.1) is 6.54 Å². The highest BCUT2D eigenvalue weighted by molar-refractivity contribution is 6.30. The molecule has 8 heteroatoms. The van der Waals surface area contributed by atoms with Crippen molar-refractivity contribution < 1.29 is 9.53 Å². The molecule has 0 N–H and O–H groups in total. The van der Waals surface area contributed by atoms with E-state index in [4.69, 9.17) is 16.3 Å². The zero-order valence-electron chi connectivity index (χ0n) is 15.4. The highest BCUT2D eigenvalue weighted by Gasteiger charge is 2.29. The highest BCUT2D eigenvalue weighted by Crippen LogP contribution is 2.26. The lowest BCUT2D eigenvalue weighted by Crippen LogP contribution is -2.41. The topological polar surface area (TPSA) is 73.1 Å². The molecule has 2 aromatic rings. The van der Waals surface area contributed by atoms with Crippen LogP contribution in [0.4, 0.5) is 4.79 Å². The first-order chi connectivity index (χ1) is 12.3. The predicted molar refractivity (Wildman–Crippen MR) is 98.2 cm³/mol. The number of benzene rings is 1. The average Bonchev–Trinajstić information content (AvgIpc) is 3.04. The average molecular weight is 378 g/mol. The summed E-state index contributed by atoms with van der Waals surface area (Å²) in [6.07, 6.45) is 1.37. The van der Waals surface area contributed by atoms with Crippen molar-refractivity contribution in [2.24, 2.45) is 0 Å². The van der Waals surface area contributed by atoms with Crippen LogP contribution >= 0.6 is 11.6 Å². The van der Waals surface area contributed by atoms with Gasteiger partial charge in [-0.3, -0.25) is 0 Å². The first-order valence-corrected chi connectivity index (χ1v) is 9.18. The summed E-state index contributed by atoms with van der Waals surface area (Å²) < 4.78 is 5.43. The second-order valence-corrected chi connectivity index (χ2v) is 7.98. The predicted octanol–water partition coefficient (Wildman–Crippen LogP) is 3.49. The molecular weight excluding hydrogens is 354 g/mol. The fourth-order valence-electron chi connectivity index (χ4n) is 2.89. The Morgan fingerprint density at radius 1 is 1.23 bits per heavy atom. The van der Waals surface area contributed by atoms with Crippen LogP contribution in [0.15, 0.2) is 24.3 Å². The third-order valence-electron chi connectivity index (χ3n) is 4.22. The Bertz CT molecular complexity index is 746. The van der Waals surface area contributed by atoms with Crippen molar-refractivity contribution in [3.05, 3.63) is 40.7 Å². The molecule has 1 aliphatic rings. The number of rotatable bonds is 3. The first-order valence-electron chi connectivity index (χ1n) is 8.80. The van der Waals surface area contributed by atoms with Gasteiger partial charge in [-0.1, -0.05) is 23.7 Å². The van der Waals surface area contributed by atoms with E-state index in [2.05, 4.69) is 15.4 Å². The van der Waals surface area contributed by atoms with Crippen LogP contribution in [0.5, 0.6) is 0 Å². The van der Waals surface area contributed by atoms with E-state index in [0.29, 0.717) is 24.7 Å². The van der Waals surface area contributed by atoms with Crippen LogP contribution in [-0.2, 0) is 11.3 Å². The fraction of sp³-hybridized carbons (Fsp3) is 0.556. The number of piperidine rings is 1. The number of amides is 1. The molecule has 0 radical (unpaired) electrons.